The Morgan fingerprint density at radius 1 is 1.33 bits per heavy atom. The number of halogens is 1. The maximum absolute atomic E-state index is 12.9. The molecule has 0 aromatic heterocycles. The molecule has 2 rings (SSSR count). The van der Waals surface area contributed by atoms with Gasteiger partial charge in [-0.15, -0.1) is 0 Å². The van der Waals surface area contributed by atoms with Crippen LogP contribution in [0.5, 0.6) is 5.75 Å². The first-order chi connectivity index (χ1) is 8.50. The molecule has 1 fully saturated rings. The van der Waals surface area contributed by atoms with Crippen molar-refractivity contribution in [1.29, 1.82) is 0 Å². The molecule has 1 aliphatic rings. The van der Waals surface area contributed by atoms with Crippen LogP contribution in [0.2, 0.25) is 0 Å². The summed E-state index contributed by atoms with van der Waals surface area (Å²) in [7, 11) is 0. The van der Waals surface area contributed by atoms with E-state index in [1.165, 1.54) is 18.6 Å². The first-order valence-electron chi connectivity index (χ1n) is 6.31. The molecule has 0 aliphatic heterocycles. The Hall–Kier alpha value is -1.58. The summed E-state index contributed by atoms with van der Waals surface area (Å²) >= 11 is 0. The summed E-state index contributed by atoms with van der Waals surface area (Å²) in [5.41, 5.74) is -0.0842. The number of nitrogens with one attached hydrogen (secondary N) is 1. The number of hydrogen-bond donors (Lipinski definition) is 2. The molecule has 18 heavy (non-hydrogen) atoms. The molecular weight excluding hydrogens is 233 g/mol. The van der Waals surface area contributed by atoms with E-state index >= 15 is 0 Å². The Morgan fingerprint density at radius 2 is 2.00 bits per heavy atom. The molecule has 1 aromatic carbocycles. The molecule has 0 spiro atoms. The number of hydrogen-bond acceptors (Lipinski definition) is 2. The van der Waals surface area contributed by atoms with Gasteiger partial charge in [0, 0.05) is 11.6 Å². The van der Waals surface area contributed by atoms with Crippen molar-refractivity contribution in [1.82, 2.24) is 5.32 Å². The Labute approximate surface area is 106 Å². The number of benzene rings is 1. The van der Waals surface area contributed by atoms with Crippen molar-refractivity contribution in [2.45, 2.75) is 44.6 Å². The van der Waals surface area contributed by atoms with Gasteiger partial charge in [-0.3, -0.25) is 4.79 Å². The minimum Gasteiger partial charge on any atom is -0.507 e. The van der Waals surface area contributed by atoms with Crippen LogP contribution in [0, 0.1) is 5.82 Å². The number of phenolic OH excluding ortho intramolecular Hbond substituents is 1. The van der Waals surface area contributed by atoms with Crippen molar-refractivity contribution in [3.8, 4) is 5.75 Å². The molecule has 4 heteroatoms. The van der Waals surface area contributed by atoms with Crippen molar-refractivity contribution in [2.75, 3.05) is 0 Å². The van der Waals surface area contributed by atoms with Gasteiger partial charge in [0.1, 0.15) is 11.6 Å². The van der Waals surface area contributed by atoms with Crippen LogP contribution in [-0.2, 0) is 0 Å². The van der Waals surface area contributed by atoms with E-state index in [-0.39, 0.29) is 22.8 Å². The van der Waals surface area contributed by atoms with Crippen molar-refractivity contribution in [3.63, 3.8) is 0 Å². The maximum atomic E-state index is 12.9. The van der Waals surface area contributed by atoms with Gasteiger partial charge in [-0.25, -0.2) is 4.39 Å². The van der Waals surface area contributed by atoms with Crippen molar-refractivity contribution in [2.24, 2.45) is 0 Å². The van der Waals surface area contributed by atoms with Crippen molar-refractivity contribution in [3.05, 3.63) is 29.6 Å². The molecule has 0 saturated heterocycles. The number of carbonyl (C=O) groups is 1. The van der Waals surface area contributed by atoms with Crippen LogP contribution in [0.25, 0.3) is 0 Å². The Morgan fingerprint density at radius 3 is 2.61 bits per heavy atom. The van der Waals surface area contributed by atoms with Crippen LogP contribution in [0.15, 0.2) is 18.2 Å². The van der Waals surface area contributed by atoms with E-state index < -0.39 is 5.82 Å². The topological polar surface area (TPSA) is 49.3 Å². The number of aromatic hydroxyl groups is 1. The molecule has 1 saturated carbocycles. The predicted octanol–water partition coefficient (Wildman–Crippen LogP) is 2.98. The van der Waals surface area contributed by atoms with Crippen LogP contribution in [0.4, 0.5) is 4.39 Å². The third-order valence-electron chi connectivity index (χ3n) is 3.58. The summed E-state index contributed by atoms with van der Waals surface area (Å²) in [6.45, 7) is 2.02. The summed E-state index contributed by atoms with van der Waals surface area (Å²) in [5, 5.41) is 12.5. The number of carbonyl (C=O) groups excluding carboxylic acids is 1. The van der Waals surface area contributed by atoms with E-state index in [4.69, 9.17) is 0 Å². The van der Waals surface area contributed by atoms with Crippen LogP contribution < -0.4 is 5.32 Å². The Bertz CT molecular complexity index is 453. The molecule has 0 unspecified atom stereocenters. The van der Waals surface area contributed by atoms with E-state index in [1.54, 1.807) is 0 Å². The van der Waals surface area contributed by atoms with Gasteiger partial charge in [-0.1, -0.05) is 19.3 Å². The van der Waals surface area contributed by atoms with E-state index in [9.17, 15) is 14.3 Å². The van der Waals surface area contributed by atoms with Gasteiger partial charge in [0.15, 0.2) is 0 Å². The molecule has 98 valence electrons. The second-order valence-electron chi connectivity index (χ2n) is 5.24. The standard InChI is InChI=1S/C14H18FNO2/c1-14(7-3-2-4-8-14)16-13(18)11-6-5-10(15)9-12(11)17/h5-6,9,17H,2-4,7-8H2,1H3,(H,16,18). The number of amides is 1. The second kappa shape index (κ2) is 4.96. The SMILES string of the molecule is CC1(NC(=O)c2ccc(F)cc2O)CCCCC1. The zero-order valence-electron chi connectivity index (χ0n) is 10.5. The molecule has 1 amide bonds. The molecule has 0 bridgehead atoms. The average Bonchev–Trinajstić information content (AvgIpc) is 2.28. The highest BCUT2D eigenvalue weighted by molar-refractivity contribution is 5.97. The van der Waals surface area contributed by atoms with Gasteiger partial charge in [0.25, 0.3) is 5.91 Å². The van der Waals surface area contributed by atoms with Crippen molar-refractivity contribution < 1.29 is 14.3 Å². The predicted molar refractivity (Wildman–Crippen MR) is 67.0 cm³/mol. The zero-order valence-corrected chi connectivity index (χ0v) is 10.5. The second-order valence-corrected chi connectivity index (χ2v) is 5.24. The summed E-state index contributed by atoms with van der Waals surface area (Å²) in [4.78, 5) is 12.1. The lowest BCUT2D eigenvalue weighted by atomic mass is 9.83. The minimum atomic E-state index is -0.548. The molecule has 1 aliphatic carbocycles. The van der Waals surface area contributed by atoms with Gasteiger partial charge in [-0.2, -0.15) is 0 Å². The van der Waals surface area contributed by atoms with E-state index in [0.29, 0.717) is 0 Å². The van der Waals surface area contributed by atoms with Crippen molar-refractivity contribution >= 4 is 5.91 Å². The van der Waals surface area contributed by atoms with Gasteiger partial charge in [0.05, 0.1) is 5.56 Å². The van der Waals surface area contributed by atoms with Crippen LogP contribution >= 0.6 is 0 Å². The fourth-order valence-corrected chi connectivity index (χ4v) is 2.50. The zero-order chi connectivity index (χ0) is 13.2. The average molecular weight is 251 g/mol. The van der Waals surface area contributed by atoms with Gasteiger partial charge < -0.3 is 10.4 Å². The third kappa shape index (κ3) is 2.81. The van der Waals surface area contributed by atoms with E-state index in [2.05, 4.69) is 5.32 Å². The highest BCUT2D eigenvalue weighted by Crippen LogP contribution is 2.28. The van der Waals surface area contributed by atoms with Gasteiger partial charge >= 0.3 is 0 Å². The molecule has 1 aromatic rings. The Kier molecular flexibility index (Phi) is 3.55. The quantitative estimate of drug-likeness (QED) is 0.849. The molecule has 0 atom stereocenters. The first kappa shape index (κ1) is 12.9. The fraction of sp³-hybridized carbons (Fsp3) is 0.500. The molecule has 2 N–H and O–H groups in total. The monoisotopic (exact) mass is 251 g/mol. The largest absolute Gasteiger partial charge is 0.507 e. The summed E-state index contributed by atoms with van der Waals surface area (Å²) in [6, 6.07) is 3.45. The molecule has 3 nitrogen and oxygen atoms in total. The lowest BCUT2D eigenvalue weighted by Gasteiger charge is -2.34. The first-order valence-corrected chi connectivity index (χ1v) is 6.31. The van der Waals surface area contributed by atoms with Crippen LogP contribution in [0.3, 0.4) is 0 Å². The van der Waals surface area contributed by atoms with Gasteiger partial charge in [0.2, 0.25) is 0 Å². The number of rotatable bonds is 2. The van der Waals surface area contributed by atoms with E-state index in [0.717, 1.165) is 31.7 Å². The summed E-state index contributed by atoms with van der Waals surface area (Å²) in [6.07, 6.45) is 5.30. The molecule has 0 radical (unpaired) electrons. The lowest BCUT2D eigenvalue weighted by Crippen LogP contribution is -2.47. The highest BCUT2D eigenvalue weighted by Gasteiger charge is 2.29. The third-order valence-corrected chi connectivity index (χ3v) is 3.58. The van der Waals surface area contributed by atoms with Crippen LogP contribution in [0.1, 0.15) is 49.4 Å². The van der Waals surface area contributed by atoms with Gasteiger partial charge in [-0.05, 0) is 31.9 Å². The number of phenols is 1. The lowest BCUT2D eigenvalue weighted by molar-refractivity contribution is 0.0880. The van der Waals surface area contributed by atoms with Crippen LogP contribution in [-0.4, -0.2) is 16.6 Å². The minimum absolute atomic E-state index is 0.128. The maximum Gasteiger partial charge on any atom is 0.255 e. The molecule has 0 heterocycles. The normalized spacial score (nSPS) is 18.3. The molecular formula is C14H18FNO2. The smallest absolute Gasteiger partial charge is 0.255 e. The Balaban J connectivity index is 2.11. The van der Waals surface area contributed by atoms with E-state index in [1.807, 2.05) is 6.92 Å². The summed E-state index contributed by atoms with van der Waals surface area (Å²) < 4.78 is 12.9. The summed E-state index contributed by atoms with van der Waals surface area (Å²) in [5.74, 6) is -1.20. The fourth-order valence-electron chi connectivity index (χ4n) is 2.50. The highest BCUT2D eigenvalue weighted by atomic mass is 19.1.